The van der Waals surface area contributed by atoms with Crippen LogP contribution in [-0.4, -0.2) is 43.7 Å². The van der Waals surface area contributed by atoms with Crippen molar-refractivity contribution in [2.75, 3.05) is 6.54 Å². The van der Waals surface area contributed by atoms with Crippen LogP contribution in [0.2, 0.25) is 0 Å². The minimum absolute atomic E-state index is 0.0126. The Balaban J connectivity index is 1.27. The molecule has 5 rings (SSSR count). The van der Waals surface area contributed by atoms with Crippen LogP contribution in [0, 0.1) is 11.2 Å². The van der Waals surface area contributed by atoms with Crippen molar-refractivity contribution < 1.29 is 31.1 Å². The number of carbonyl (C=O) groups excluding carboxylic acids is 1. The van der Waals surface area contributed by atoms with Gasteiger partial charge in [-0.25, -0.2) is 27.4 Å². The summed E-state index contributed by atoms with van der Waals surface area (Å²) in [5.74, 6) is -3.74. The van der Waals surface area contributed by atoms with Crippen molar-refractivity contribution in [2.45, 2.75) is 42.4 Å². The molecule has 6 nitrogen and oxygen atoms in total. The van der Waals surface area contributed by atoms with E-state index in [1.807, 2.05) is 0 Å². The lowest BCUT2D eigenvalue weighted by Gasteiger charge is -2.22. The van der Waals surface area contributed by atoms with Gasteiger partial charge < -0.3 is 5.32 Å². The third-order valence-corrected chi connectivity index (χ3v) is 7.56. The summed E-state index contributed by atoms with van der Waals surface area (Å²) in [5.41, 5.74) is -1.28. The first-order valence-corrected chi connectivity index (χ1v) is 11.9. The van der Waals surface area contributed by atoms with E-state index >= 15 is 0 Å². The Morgan fingerprint density at radius 2 is 1.84 bits per heavy atom. The number of nitrogens with one attached hydrogen (secondary N) is 1. The number of hydrogen-bond donors (Lipinski definition) is 1. The number of hydrogen-bond acceptors (Lipinski definition) is 6. The summed E-state index contributed by atoms with van der Waals surface area (Å²) in [6.45, 7) is -0.0317. The molecule has 2 aliphatic rings. The molecule has 1 aromatic carbocycles. The van der Waals surface area contributed by atoms with E-state index < -0.39 is 41.0 Å². The van der Waals surface area contributed by atoms with E-state index in [0.29, 0.717) is 21.8 Å². The van der Waals surface area contributed by atoms with Gasteiger partial charge in [-0.2, -0.15) is 13.2 Å². The first-order chi connectivity index (χ1) is 17.5. The van der Waals surface area contributed by atoms with Gasteiger partial charge in [-0.1, -0.05) is 0 Å². The van der Waals surface area contributed by atoms with E-state index in [-0.39, 0.29) is 25.9 Å². The summed E-state index contributed by atoms with van der Waals surface area (Å²) in [6, 6.07) is 8.29. The largest absolute Gasteiger partial charge is 0.433 e. The lowest BCUT2D eigenvalue weighted by molar-refractivity contribution is -0.141. The second kappa shape index (κ2) is 9.28. The normalized spacial score (nSPS) is 22.8. The molecule has 2 unspecified atom stereocenters. The maximum Gasteiger partial charge on any atom is 0.433 e. The molecule has 1 saturated heterocycles. The molecular weight excluding hydrogens is 520 g/mol. The molecule has 1 saturated carbocycles. The Bertz CT molecular complexity index is 1300. The van der Waals surface area contributed by atoms with Crippen LogP contribution < -0.4 is 5.32 Å². The number of nitrogens with zero attached hydrogens (tertiary/aromatic N) is 4. The SMILES string of the molecule is O=C(NCc1cc(-c2ccc(C(F)(F)F)nc2)ncn1)C1CC2(CN1Sc1ccc(F)cc1)CC2(F)F. The average Bonchev–Trinajstić information content (AvgIpc) is 3.19. The molecule has 3 aromatic rings. The third kappa shape index (κ3) is 5.28. The van der Waals surface area contributed by atoms with Crippen LogP contribution in [0.25, 0.3) is 11.3 Å². The first-order valence-electron chi connectivity index (χ1n) is 11.2. The van der Waals surface area contributed by atoms with Crippen molar-refractivity contribution in [3.05, 3.63) is 72.2 Å². The predicted octanol–water partition coefficient (Wildman–Crippen LogP) is 5.12. The van der Waals surface area contributed by atoms with Gasteiger partial charge in [0.25, 0.3) is 5.92 Å². The Kier molecular flexibility index (Phi) is 6.39. The molecule has 2 aromatic heterocycles. The van der Waals surface area contributed by atoms with Gasteiger partial charge in [0.05, 0.1) is 23.3 Å². The number of carbonyl (C=O) groups is 1. The van der Waals surface area contributed by atoms with Gasteiger partial charge in [0.2, 0.25) is 5.91 Å². The summed E-state index contributed by atoms with van der Waals surface area (Å²) < 4.78 is 81.4. The van der Waals surface area contributed by atoms with E-state index in [1.165, 1.54) is 42.7 Å². The highest BCUT2D eigenvalue weighted by molar-refractivity contribution is 7.97. The predicted molar refractivity (Wildman–Crippen MR) is 121 cm³/mol. The number of amides is 1. The fraction of sp³-hybridized carbons (Fsp3) is 0.333. The molecular formula is C24H19F6N5OS. The molecule has 1 aliphatic heterocycles. The van der Waals surface area contributed by atoms with E-state index in [0.717, 1.165) is 24.2 Å². The molecule has 1 N–H and O–H groups in total. The highest BCUT2D eigenvalue weighted by Crippen LogP contribution is 2.67. The number of rotatable bonds is 6. The summed E-state index contributed by atoms with van der Waals surface area (Å²) in [6.07, 6.45) is -2.62. The quantitative estimate of drug-likeness (QED) is 0.347. The van der Waals surface area contributed by atoms with E-state index in [9.17, 15) is 31.1 Å². The Hall–Kier alpha value is -3.19. The topological polar surface area (TPSA) is 71.0 Å². The zero-order valence-corrected chi connectivity index (χ0v) is 19.8. The average molecular weight is 540 g/mol. The Morgan fingerprint density at radius 3 is 2.46 bits per heavy atom. The zero-order valence-electron chi connectivity index (χ0n) is 19.0. The van der Waals surface area contributed by atoms with Crippen LogP contribution in [0.3, 0.4) is 0 Å². The summed E-state index contributed by atoms with van der Waals surface area (Å²) >= 11 is 1.12. The highest BCUT2D eigenvalue weighted by atomic mass is 32.2. The first kappa shape index (κ1) is 25.5. The van der Waals surface area contributed by atoms with Gasteiger partial charge in [-0.05, 0) is 60.8 Å². The van der Waals surface area contributed by atoms with Crippen LogP contribution in [0.5, 0.6) is 0 Å². The van der Waals surface area contributed by atoms with Gasteiger partial charge >= 0.3 is 6.18 Å². The molecule has 0 bridgehead atoms. The van der Waals surface area contributed by atoms with Gasteiger partial charge in [0, 0.05) is 29.6 Å². The van der Waals surface area contributed by atoms with Crippen LogP contribution >= 0.6 is 11.9 Å². The summed E-state index contributed by atoms with van der Waals surface area (Å²) in [7, 11) is 0. The molecule has 0 radical (unpaired) electrons. The lowest BCUT2D eigenvalue weighted by atomic mass is 10.0. The van der Waals surface area contributed by atoms with Crippen LogP contribution in [-0.2, 0) is 17.5 Å². The number of benzene rings is 1. The summed E-state index contributed by atoms with van der Waals surface area (Å²) in [4.78, 5) is 25.2. The van der Waals surface area contributed by atoms with Crippen molar-refractivity contribution in [2.24, 2.45) is 5.41 Å². The van der Waals surface area contributed by atoms with Crippen molar-refractivity contribution in [1.82, 2.24) is 24.6 Å². The second-order valence-electron chi connectivity index (χ2n) is 9.04. The van der Waals surface area contributed by atoms with Crippen molar-refractivity contribution in [3.8, 4) is 11.3 Å². The molecule has 2 fully saturated rings. The molecule has 13 heteroatoms. The Morgan fingerprint density at radius 1 is 1.11 bits per heavy atom. The van der Waals surface area contributed by atoms with Crippen molar-refractivity contribution >= 4 is 17.9 Å². The number of halogens is 6. The van der Waals surface area contributed by atoms with E-state index in [1.54, 1.807) is 4.31 Å². The number of pyridine rings is 1. The summed E-state index contributed by atoms with van der Waals surface area (Å²) in [5, 5.41) is 2.71. The van der Waals surface area contributed by atoms with Gasteiger partial charge in [0.15, 0.2) is 0 Å². The van der Waals surface area contributed by atoms with Gasteiger partial charge in [-0.15, -0.1) is 0 Å². The van der Waals surface area contributed by atoms with Crippen LogP contribution in [0.4, 0.5) is 26.3 Å². The maximum atomic E-state index is 14.1. The number of alkyl halides is 5. The lowest BCUT2D eigenvalue weighted by Crippen LogP contribution is -2.40. The van der Waals surface area contributed by atoms with Crippen LogP contribution in [0.15, 0.2) is 59.9 Å². The van der Waals surface area contributed by atoms with Crippen molar-refractivity contribution in [3.63, 3.8) is 0 Å². The second-order valence-corrected chi connectivity index (χ2v) is 10.2. The van der Waals surface area contributed by atoms with Gasteiger partial charge in [-0.3, -0.25) is 9.78 Å². The highest BCUT2D eigenvalue weighted by Gasteiger charge is 2.75. The van der Waals surface area contributed by atoms with Crippen molar-refractivity contribution in [1.29, 1.82) is 0 Å². The molecule has 3 heterocycles. The van der Waals surface area contributed by atoms with E-state index in [4.69, 9.17) is 0 Å². The number of aromatic nitrogens is 3. The minimum Gasteiger partial charge on any atom is -0.349 e. The van der Waals surface area contributed by atoms with Gasteiger partial charge in [0.1, 0.15) is 23.9 Å². The Labute approximate surface area is 211 Å². The smallest absolute Gasteiger partial charge is 0.349 e. The molecule has 1 spiro atoms. The zero-order chi connectivity index (χ0) is 26.4. The monoisotopic (exact) mass is 539 g/mol. The molecule has 37 heavy (non-hydrogen) atoms. The molecule has 2 atom stereocenters. The maximum absolute atomic E-state index is 14.1. The molecule has 194 valence electrons. The minimum atomic E-state index is -4.56. The standard InChI is InChI=1S/C24H19F6N5OS/c25-15-2-4-17(5-3-15)37-35-12-22(11-23(22,26)27)8-19(35)21(36)32-10-16-7-18(34-13-33-16)14-1-6-20(31-9-14)24(28,29)30/h1-7,9,13,19H,8,10-12H2,(H,32,36). The molecule has 1 amide bonds. The molecule has 1 aliphatic carbocycles. The van der Waals surface area contributed by atoms with Crippen LogP contribution in [0.1, 0.15) is 24.2 Å². The van der Waals surface area contributed by atoms with E-state index in [2.05, 4.69) is 20.3 Å². The third-order valence-electron chi connectivity index (χ3n) is 6.46. The fourth-order valence-corrected chi connectivity index (χ4v) is 5.47. The fourth-order valence-electron chi connectivity index (χ4n) is 4.33.